The van der Waals surface area contributed by atoms with E-state index in [1.54, 1.807) is 24.3 Å². The second kappa shape index (κ2) is 28.6. The summed E-state index contributed by atoms with van der Waals surface area (Å²) in [4.78, 5) is 107. The van der Waals surface area contributed by atoms with Crippen molar-refractivity contribution in [2.75, 3.05) is 44.9 Å². The highest BCUT2D eigenvalue weighted by Gasteiger charge is 2.42. The van der Waals surface area contributed by atoms with Gasteiger partial charge in [0.15, 0.2) is 0 Å². The van der Waals surface area contributed by atoms with Gasteiger partial charge in [0.05, 0.1) is 26.2 Å². The number of hydrazine groups is 1. The topological polar surface area (TPSA) is 306 Å². The fourth-order valence-corrected chi connectivity index (χ4v) is 8.24. The zero-order valence-corrected chi connectivity index (χ0v) is 41.5. The summed E-state index contributed by atoms with van der Waals surface area (Å²) in [6, 6.07) is 12.7. The minimum absolute atomic E-state index is 0.0835. The molecule has 0 saturated carbocycles. The third-order valence-electron chi connectivity index (χ3n) is 10.5. The zero-order chi connectivity index (χ0) is 53.6. The third kappa shape index (κ3) is 18.2. The van der Waals surface area contributed by atoms with E-state index >= 15 is 0 Å². The first kappa shape index (κ1) is 57.4. The molecular formula is C48H58N7O18P. The Kier molecular flexibility index (Phi) is 22.2. The molecule has 2 saturated heterocycles. The van der Waals surface area contributed by atoms with Crippen LogP contribution in [0.1, 0.15) is 50.5 Å². The molecule has 0 bridgehead atoms. The zero-order valence-electron chi connectivity index (χ0n) is 40.6. The van der Waals surface area contributed by atoms with Crippen LogP contribution in [0.15, 0.2) is 110 Å². The van der Waals surface area contributed by atoms with Gasteiger partial charge >= 0.3 is 43.6 Å². The van der Waals surface area contributed by atoms with Gasteiger partial charge in [-0.3, -0.25) is 48.1 Å². The van der Waals surface area contributed by atoms with Crippen LogP contribution in [0.4, 0.5) is 15.4 Å². The van der Waals surface area contributed by atoms with E-state index in [2.05, 4.69) is 46.1 Å². The quantitative estimate of drug-likeness (QED) is 0.0278. The lowest BCUT2D eigenvalue weighted by Gasteiger charge is -2.27. The Morgan fingerprint density at radius 3 is 2.27 bits per heavy atom. The van der Waals surface area contributed by atoms with Crippen molar-refractivity contribution in [2.45, 2.75) is 82.7 Å². The van der Waals surface area contributed by atoms with E-state index in [1.807, 2.05) is 30.3 Å². The Bertz CT molecular complexity index is 2580. The number of rotatable bonds is 27. The lowest BCUT2D eigenvalue weighted by atomic mass is 10.1. The van der Waals surface area contributed by atoms with Crippen molar-refractivity contribution in [2.24, 2.45) is 0 Å². The monoisotopic (exact) mass is 1050 g/mol. The van der Waals surface area contributed by atoms with Crippen molar-refractivity contribution < 1.29 is 80.1 Å². The Labute approximate surface area is 425 Å². The predicted octanol–water partition coefficient (Wildman–Crippen LogP) is 3.71. The number of ether oxygens (including phenoxy) is 6. The fraction of sp³-hybridized carbons (Fsp3) is 0.396. The molecule has 398 valence electrons. The van der Waals surface area contributed by atoms with E-state index < -0.39 is 112 Å². The number of benzene rings is 2. The van der Waals surface area contributed by atoms with E-state index in [4.69, 9.17) is 42.0 Å². The van der Waals surface area contributed by atoms with E-state index in [9.17, 15) is 42.9 Å². The normalized spacial score (nSPS) is 18.7. The van der Waals surface area contributed by atoms with Crippen molar-refractivity contribution in [1.29, 1.82) is 0 Å². The number of anilines is 1. The van der Waals surface area contributed by atoms with E-state index in [1.165, 1.54) is 42.4 Å². The van der Waals surface area contributed by atoms with Gasteiger partial charge in [0.25, 0.3) is 0 Å². The SMILES string of the molecule is C=CCOC(=O)Nc1ccn([C@H]2C[C@H](OC(C)=O)[C@@H](COP(=O)(OCC=C)OC[C@H](NC(=O)[C@@H]3CCCN3NC(=O)OCc3ccc(OC(=O)Cc4ccccc4)cc3)C(=O)N[C@@H](C)C(=O)OCC=C)O2)c(=O)n1. The molecule has 3 aromatic rings. The first-order valence-corrected chi connectivity index (χ1v) is 24.5. The first-order valence-electron chi connectivity index (χ1n) is 23.0. The Morgan fingerprint density at radius 2 is 1.58 bits per heavy atom. The maximum atomic E-state index is 14.2. The molecule has 4 N–H and O–H groups in total. The number of phosphoric ester groups is 1. The molecule has 5 rings (SSSR count). The molecule has 2 fully saturated rings. The van der Waals surface area contributed by atoms with Gasteiger partial charge in [-0.2, -0.15) is 4.98 Å². The van der Waals surface area contributed by atoms with E-state index in [0.717, 1.165) is 17.1 Å². The molecular weight excluding hydrogens is 994 g/mol. The molecule has 2 aromatic carbocycles. The van der Waals surface area contributed by atoms with Crippen LogP contribution in [0.25, 0.3) is 0 Å². The highest BCUT2D eigenvalue weighted by atomic mass is 31.2. The van der Waals surface area contributed by atoms with Gasteiger partial charge in [0.1, 0.15) is 67.9 Å². The molecule has 74 heavy (non-hydrogen) atoms. The van der Waals surface area contributed by atoms with Gasteiger partial charge in [-0.1, -0.05) is 73.9 Å². The lowest BCUT2D eigenvalue weighted by Crippen LogP contribution is -2.57. The van der Waals surface area contributed by atoms with Gasteiger partial charge in [-0.25, -0.2) is 28.8 Å². The van der Waals surface area contributed by atoms with Gasteiger partial charge in [0.2, 0.25) is 11.8 Å². The number of amides is 4. The fourth-order valence-electron chi connectivity index (χ4n) is 7.07. The average Bonchev–Trinajstić information content (AvgIpc) is 4.01. The summed E-state index contributed by atoms with van der Waals surface area (Å²) in [6.07, 6.45) is 0.571. The van der Waals surface area contributed by atoms with Crippen LogP contribution in [-0.2, 0) is 78.8 Å². The van der Waals surface area contributed by atoms with Crippen LogP contribution in [0.3, 0.4) is 0 Å². The number of nitrogens with one attached hydrogen (secondary N) is 4. The maximum Gasteiger partial charge on any atom is 0.475 e. The summed E-state index contributed by atoms with van der Waals surface area (Å²) in [5.74, 6) is -3.63. The third-order valence-corrected chi connectivity index (χ3v) is 11.9. The highest BCUT2D eigenvalue weighted by molar-refractivity contribution is 7.48. The minimum Gasteiger partial charge on any atom is -0.460 e. The van der Waals surface area contributed by atoms with Crippen LogP contribution in [0.2, 0.25) is 0 Å². The Hall–Kier alpha value is -7.54. The summed E-state index contributed by atoms with van der Waals surface area (Å²) in [7, 11) is -4.77. The van der Waals surface area contributed by atoms with Crippen molar-refractivity contribution in [1.82, 2.24) is 30.6 Å². The summed E-state index contributed by atoms with van der Waals surface area (Å²) in [5, 5.41) is 8.55. The number of hydrogen-bond donors (Lipinski definition) is 4. The second-order valence-corrected chi connectivity index (χ2v) is 17.8. The molecule has 0 spiro atoms. The molecule has 26 heteroatoms. The van der Waals surface area contributed by atoms with Crippen molar-refractivity contribution >= 4 is 55.5 Å². The van der Waals surface area contributed by atoms with Gasteiger partial charge in [-0.05, 0) is 49.1 Å². The minimum atomic E-state index is -4.77. The number of carbonyl (C=O) groups excluding carboxylic acids is 7. The van der Waals surface area contributed by atoms with Crippen molar-refractivity contribution in [3.05, 3.63) is 126 Å². The number of nitrogens with zero attached hydrogens (tertiary/aromatic N) is 3. The summed E-state index contributed by atoms with van der Waals surface area (Å²) < 4.78 is 64.1. The Balaban J connectivity index is 1.23. The number of carbonyl (C=O) groups is 7. The number of esters is 3. The van der Waals surface area contributed by atoms with E-state index in [-0.39, 0.29) is 51.4 Å². The number of phosphoric acid groups is 1. The van der Waals surface area contributed by atoms with Crippen LogP contribution >= 0.6 is 7.82 Å². The molecule has 0 aliphatic carbocycles. The molecule has 1 aromatic heterocycles. The van der Waals surface area contributed by atoms with Crippen molar-refractivity contribution in [3.63, 3.8) is 0 Å². The molecule has 25 nitrogen and oxygen atoms in total. The van der Waals surface area contributed by atoms with Crippen LogP contribution in [-0.4, -0.2) is 126 Å². The van der Waals surface area contributed by atoms with Crippen LogP contribution < -0.4 is 31.8 Å². The standard InChI is InChI=1S/C48H58N7O18P/c1-6-23-65-45(60)31(4)49-43(58)36(50-44(59)37-15-12-21-55(37)53-48(63)67-28-34-16-18-35(19-17-34)72-42(57)26-33-13-10-9-11-14-33)29-69-74(64,68-25-8-3)70-30-39-38(71-32(5)56)27-41(73-39)54-22-20-40(51-46(54)61)52-47(62)66-24-7-2/h6-11,13-14,16-20,22,31,36-39,41H,1-3,12,15,21,23-30H2,4-5H3,(H,49,58)(H,50,59)(H,53,63)(H,51,52,61,62)/t31-,36-,37-,38-,39+,41+,74?/m0/s1. The maximum absolute atomic E-state index is 14.2. The first-order chi connectivity index (χ1) is 35.5. The predicted molar refractivity (Wildman–Crippen MR) is 259 cm³/mol. The molecule has 7 atom stereocenters. The summed E-state index contributed by atoms with van der Waals surface area (Å²) in [5.41, 5.74) is 3.03. The van der Waals surface area contributed by atoms with Crippen molar-refractivity contribution in [3.8, 4) is 5.75 Å². The van der Waals surface area contributed by atoms with Gasteiger partial charge in [-0.15, -0.1) is 6.58 Å². The molecule has 0 radical (unpaired) electrons. The molecule has 2 aliphatic rings. The molecule has 2 aliphatic heterocycles. The number of aromatic nitrogens is 2. The molecule has 3 heterocycles. The van der Waals surface area contributed by atoms with Gasteiger partial charge < -0.3 is 39.1 Å². The smallest absolute Gasteiger partial charge is 0.460 e. The summed E-state index contributed by atoms with van der Waals surface area (Å²) >= 11 is 0. The van der Waals surface area contributed by atoms with Gasteiger partial charge in [0, 0.05) is 26.1 Å². The second-order valence-electron chi connectivity index (χ2n) is 16.2. The number of hydrogen-bond acceptors (Lipinski definition) is 20. The lowest BCUT2D eigenvalue weighted by molar-refractivity contribution is -0.150. The summed E-state index contributed by atoms with van der Waals surface area (Å²) in [6.45, 7) is 10.7. The van der Waals surface area contributed by atoms with Crippen LogP contribution in [0, 0.1) is 0 Å². The van der Waals surface area contributed by atoms with Crippen LogP contribution in [0.5, 0.6) is 5.75 Å². The van der Waals surface area contributed by atoms with E-state index in [0.29, 0.717) is 17.7 Å². The molecule has 1 unspecified atom stereocenters. The Morgan fingerprint density at radius 1 is 0.865 bits per heavy atom. The average molecular weight is 1050 g/mol. The highest BCUT2D eigenvalue weighted by Crippen LogP contribution is 2.50. The largest absolute Gasteiger partial charge is 0.475 e. The molecule has 4 amide bonds.